The van der Waals surface area contributed by atoms with Crippen molar-refractivity contribution in [2.24, 2.45) is 0 Å². The fourth-order valence-electron chi connectivity index (χ4n) is 4.25. The molecule has 2 heterocycles. The van der Waals surface area contributed by atoms with Gasteiger partial charge in [0.2, 0.25) is 0 Å². The number of hydrogen-bond acceptors (Lipinski definition) is 5. The Morgan fingerprint density at radius 2 is 1.96 bits per heavy atom. The van der Waals surface area contributed by atoms with Crippen molar-refractivity contribution < 1.29 is 14.3 Å². The van der Waals surface area contributed by atoms with Crippen LogP contribution in [0.15, 0.2) is 42.1 Å². The zero-order valence-electron chi connectivity index (χ0n) is 16.6. The van der Waals surface area contributed by atoms with E-state index in [2.05, 4.69) is 26.0 Å². The van der Waals surface area contributed by atoms with Crippen molar-refractivity contribution in [1.82, 2.24) is 0 Å². The number of allylic oxidation sites excluding steroid dienone is 1. The Hall–Kier alpha value is -2.40. The molecule has 0 amide bonds. The van der Waals surface area contributed by atoms with Gasteiger partial charge in [-0.15, -0.1) is 11.3 Å². The van der Waals surface area contributed by atoms with Crippen molar-refractivity contribution >= 4 is 28.8 Å². The molecule has 146 valence electrons. The third-order valence-corrected chi connectivity index (χ3v) is 7.00. The number of esters is 1. The Morgan fingerprint density at radius 1 is 1.21 bits per heavy atom. The standard InChI is InChI=1S/C23H25NO3S/c1-23(2)17-9-5-6-10-18(17)24(3)21(23)13-16(25)14-27-22(26)20-12-15-8-4-7-11-19(15)28-20/h5-6,9-10,12-13H,4,7-8,11,14H2,1-3H3. The van der Waals surface area contributed by atoms with Crippen molar-refractivity contribution in [2.75, 3.05) is 18.6 Å². The average molecular weight is 396 g/mol. The molecule has 0 unspecified atom stereocenters. The number of thiophene rings is 1. The van der Waals surface area contributed by atoms with Gasteiger partial charge in [0, 0.05) is 34.8 Å². The lowest BCUT2D eigenvalue weighted by Crippen LogP contribution is -2.25. The molecule has 5 heteroatoms. The summed E-state index contributed by atoms with van der Waals surface area (Å²) >= 11 is 1.51. The molecule has 0 bridgehead atoms. The first-order valence-electron chi connectivity index (χ1n) is 9.75. The van der Waals surface area contributed by atoms with Gasteiger partial charge < -0.3 is 9.64 Å². The molecule has 0 atom stereocenters. The molecule has 0 spiro atoms. The monoisotopic (exact) mass is 395 g/mol. The Morgan fingerprint density at radius 3 is 2.71 bits per heavy atom. The summed E-state index contributed by atoms with van der Waals surface area (Å²) in [6, 6.07) is 10.1. The fourth-order valence-corrected chi connectivity index (χ4v) is 5.40. The first-order chi connectivity index (χ1) is 13.4. The third-order valence-electron chi connectivity index (χ3n) is 5.78. The summed E-state index contributed by atoms with van der Waals surface area (Å²) in [6.07, 6.45) is 6.05. The van der Waals surface area contributed by atoms with Crippen LogP contribution in [0.5, 0.6) is 0 Å². The Bertz CT molecular complexity index is 946. The molecule has 2 aliphatic rings. The van der Waals surface area contributed by atoms with E-state index in [9.17, 15) is 9.59 Å². The number of likely N-dealkylation sites (N-methyl/N-ethyl adjacent to an activating group) is 1. The topological polar surface area (TPSA) is 46.6 Å². The summed E-state index contributed by atoms with van der Waals surface area (Å²) in [5.41, 5.74) is 4.22. The molecule has 4 nitrogen and oxygen atoms in total. The van der Waals surface area contributed by atoms with Gasteiger partial charge >= 0.3 is 5.97 Å². The number of aryl methyl sites for hydroxylation is 2. The van der Waals surface area contributed by atoms with Gasteiger partial charge in [-0.3, -0.25) is 4.79 Å². The molecule has 1 aliphatic heterocycles. The van der Waals surface area contributed by atoms with Crippen molar-refractivity contribution in [1.29, 1.82) is 0 Å². The highest BCUT2D eigenvalue weighted by atomic mass is 32.1. The highest BCUT2D eigenvalue weighted by Crippen LogP contribution is 2.46. The number of para-hydroxylation sites is 1. The zero-order chi connectivity index (χ0) is 19.9. The second kappa shape index (κ2) is 7.21. The number of hydrogen-bond donors (Lipinski definition) is 0. The lowest BCUT2D eigenvalue weighted by atomic mass is 9.83. The Labute approximate surface area is 169 Å². The predicted octanol–water partition coefficient (Wildman–Crippen LogP) is 4.66. The molecular formula is C23H25NO3S. The molecule has 28 heavy (non-hydrogen) atoms. The maximum atomic E-state index is 12.5. The molecule has 2 aromatic rings. The number of ketones is 1. The van der Waals surface area contributed by atoms with E-state index < -0.39 is 5.97 Å². The number of benzene rings is 1. The van der Waals surface area contributed by atoms with E-state index in [1.807, 2.05) is 30.1 Å². The third kappa shape index (κ3) is 3.28. The average Bonchev–Trinajstić information content (AvgIpc) is 3.20. The van der Waals surface area contributed by atoms with E-state index in [0.29, 0.717) is 4.88 Å². The normalized spacial score (nSPS) is 18.7. The van der Waals surface area contributed by atoms with Crippen LogP contribution in [0.25, 0.3) is 0 Å². The van der Waals surface area contributed by atoms with Crippen molar-refractivity contribution in [3.05, 3.63) is 63.0 Å². The molecule has 0 radical (unpaired) electrons. The number of carbonyl (C=O) groups excluding carboxylic acids is 2. The summed E-state index contributed by atoms with van der Waals surface area (Å²) < 4.78 is 5.32. The molecule has 0 saturated carbocycles. The van der Waals surface area contributed by atoms with Gasteiger partial charge in [0.25, 0.3) is 0 Å². The van der Waals surface area contributed by atoms with Crippen LogP contribution in [-0.4, -0.2) is 25.4 Å². The lowest BCUT2D eigenvalue weighted by Gasteiger charge is -2.23. The second-order valence-electron chi connectivity index (χ2n) is 8.04. The molecular weight excluding hydrogens is 370 g/mol. The predicted molar refractivity (Wildman–Crippen MR) is 112 cm³/mol. The summed E-state index contributed by atoms with van der Waals surface area (Å²) in [6.45, 7) is 3.98. The minimum atomic E-state index is -0.395. The van der Waals surface area contributed by atoms with Gasteiger partial charge in [-0.25, -0.2) is 4.79 Å². The van der Waals surface area contributed by atoms with E-state index >= 15 is 0 Å². The molecule has 0 saturated heterocycles. The van der Waals surface area contributed by atoms with Crippen LogP contribution >= 0.6 is 11.3 Å². The molecule has 0 N–H and O–H groups in total. The van der Waals surface area contributed by atoms with Crippen molar-refractivity contribution in [3.8, 4) is 0 Å². The van der Waals surface area contributed by atoms with Crippen LogP contribution in [0, 0.1) is 0 Å². The summed E-state index contributed by atoms with van der Waals surface area (Å²) in [5.74, 6) is -0.592. The molecule has 1 aromatic heterocycles. The zero-order valence-corrected chi connectivity index (χ0v) is 17.4. The molecule has 1 aromatic carbocycles. The summed E-state index contributed by atoms with van der Waals surface area (Å²) in [7, 11) is 1.97. The van der Waals surface area contributed by atoms with E-state index in [-0.39, 0.29) is 17.8 Å². The van der Waals surface area contributed by atoms with Gasteiger partial charge in [0.15, 0.2) is 12.4 Å². The SMILES string of the molecule is CN1C(=CC(=O)COC(=O)c2cc3c(s2)CCCC3)C(C)(C)c2ccccc21. The second-order valence-corrected chi connectivity index (χ2v) is 9.18. The maximum absolute atomic E-state index is 12.5. The van der Waals surface area contributed by atoms with Gasteiger partial charge in [-0.2, -0.15) is 0 Å². The number of nitrogens with zero attached hydrogens (tertiary/aromatic N) is 1. The highest BCUT2D eigenvalue weighted by Gasteiger charge is 2.38. The lowest BCUT2D eigenvalue weighted by molar-refractivity contribution is -0.117. The number of anilines is 1. The Kier molecular flexibility index (Phi) is 4.88. The summed E-state index contributed by atoms with van der Waals surface area (Å²) in [5, 5.41) is 0. The first-order valence-corrected chi connectivity index (χ1v) is 10.6. The minimum absolute atomic E-state index is 0.197. The number of fused-ring (bicyclic) bond motifs is 2. The molecule has 1 aliphatic carbocycles. The largest absolute Gasteiger partial charge is 0.453 e. The first kappa shape index (κ1) is 18.9. The van der Waals surface area contributed by atoms with E-state index in [1.165, 1.54) is 40.2 Å². The molecule has 0 fully saturated rings. The van der Waals surface area contributed by atoms with Gasteiger partial charge in [-0.1, -0.05) is 32.0 Å². The van der Waals surface area contributed by atoms with Crippen LogP contribution < -0.4 is 4.90 Å². The Balaban J connectivity index is 1.44. The number of rotatable bonds is 4. The van der Waals surface area contributed by atoms with Gasteiger partial charge in [-0.05, 0) is 48.9 Å². The van der Waals surface area contributed by atoms with Gasteiger partial charge in [0.1, 0.15) is 4.88 Å². The number of ether oxygens (including phenoxy) is 1. The van der Waals surface area contributed by atoms with Crippen LogP contribution in [0.2, 0.25) is 0 Å². The highest BCUT2D eigenvalue weighted by molar-refractivity contribution is 7.14. The van der Waals surface area contributed by atoms with Crippen LogP contribution in [0.3, 0.4) is 0 Å². The van der Waals surface area contributed by atoms with Gasteiger partial charge in [0.05, 0.1) is 0 Å². The van der Waals surface area contributed by atoms with Crippen molar-refractivity contribution in [2.45, 2.75) is 44.9 Å². The molecule has 4 rings (SSSR count). The summed E-state index contributed by atoms with van der Waals surface area (Å²) in [4.78, 5) is 28.9. The minimum Gasteiger partial charge on any atom is -0.453 e. The van der Waals surface area contributed by atoms with E-state index in [4.69, 9.17) is 4.74 Å². The number of carbonyl (C=O) groups is 2. The van der Waals surface area contributed by atoms with Crippen LogP contribution in [0.4, 0.5) is 5.69 Å². The smallest absolute Gasteiger partial charge is 0.348 e. The quantitative estimate of drug-likeness (QED) is 0.558. The van der Waals surface area contributed by atoms with Crippen molar-refractivity contribution in [3.63, 3.8) is 0 Å². The van der Waals surface area contributed by atoms with E-state index in [1.54, 1.807) is 6.08 Å². The van der Waals surface area contributed by atoms with Crippen LogP contribution in [0.1, 0.15) is 52.4 Å². The van der Waals surface area contributed by atoms with E-state index in [0.717, 1.165) is 24.2 Å². The maximum Gasteiger partial charge on any atom is 0.348 e. The van der Waals surface area contributed by atoms with Crippen LogP contribution in [-0.2, 0) is 27.8 Å². The fraction of sp³-hybridized carbons (Fsp3) is 0.391.